The summed E-state index contributed by atoms with van der Waals surface area (Å²) in [5, 5.41) is 6.09. The van der Waals surface area contributed by atoms with Crippen molar-refractivity contribution >= 4 is 33.0 Å². The molecule has 0 spiro atoms. The van der Waals surface area contributed by atoms with Crippen molar-refractivity contribution in [2.75, 3.05) is 6.54 Å². The fraction of sp³-hybridized carbons (Fsp3) is 0.364. The lowest BCUT2D eigenvalue weighted by Crippen LogP contribution is -2.26. The van der Waals surface area contributed by atoms with Crippen LogP contribution in [0.4, 0.5) is 0 Å². The first-order chi connectivity index (χ1) is 8.92. The topological polar surface area (TPSA) is 64.0 Å². The minimum absolute atomic E-state index is 0.0582. The molecule has 0 radical (unpaired) electrons. The molecule has 0 amide bonds. The number of rotatable bonds is 5. The second-order valence-corrected chi connectivity index (χ2v) is 7.15. The molecule has 19 heavy (non-hydrogen) atoms. The van der Waals surface area contributed by atoms with Crippen LogP contribution in [-0.2, 0) is 23.5 Å². The predicted octanol–water partition coefficient (Wildman–Crippen LogP) is 1.96. The van der Waals surface area contributed by atoms with Crippen molar-refractivity contribution < 1.29 is 8.42 Å². The van der Waals surface area contributed by atoms with Crippen LogP contribution in [0.3, 0.4) is 0 Å². The van der Waals surface area contributed by atoms with Gasteiger partial charge in [-0.2, -0.15) is 5.10 Å². The molecule has 0 aromatic carbocycles. The lowest BCUT2D eigenvalue weighted by atomic mass is 10.3. The lowest BCUT2D eigenvalue weighted by Gasteiger charge is -2.05. The van der Waals surface area contributed by atoms with Crippen molar-refractivity contribution in [2.24, 2.45) is 7.05 Å². The van der Waals surface area contributed by atoms with Gasteiger partial charge < -0.3 is 0 Å². The van der Waals surface area contributed by atoms with Gasteiger partial charge in [0.25, 0.3) is 0 Å². The first kappa shape index (κ1) is 14.5. The maximum atomic E-state index is 12.2. The van der Waals surface area contributed by atoms with Crippen LogP contribution in [0.2, 0.25) is 5.15 Å². The Labute approximate surface area is 121 Å². The summed E-state index contributed by atoms with van der Waals surface area (Å²) in [6, 6.07) is 3.91. The van der Waals surface area contributed by atoms with Crippen LogP contribution in [0, 0.1) is 6.92 Å². The van der Waals surface area contributed by atoms with Gasteiger partial charge in [0.2, 0.25) is 10.0 Å². The van der Waals surface area contributed by atoms with Crippen molar-refractivity contribution in [2.45, 2.75) is 18.2 Å². The summed E-state index contributed by atoms with van der Waals surface area (Å²) in [5.74, 6) is 0. The predicted molar refractivity (Wildman–Crippen MR) is 76.2 cm³/mol. The molecule has 0 aliphatic rings. The van der Waals surface area contributed by atoms with E-state index >= 15 is 0 Å². The van der Waals surface area contributed by atoms with E-state index in [1.54, 1.807) is 25.3 Å². The maximum absolute atomic E-state index is 12.2. The van der Waals surface area contributed by atoms with Crippen LogP contribution >= 0.6 is 22.9 Å². The number of nitrogens with zero attached hydrogens (tertiary/aromatic N) is 2. The van der Waals surface area contributed by atoms with Gasteiger partial charge in [-0.05, 0) is 24.8 Å². The molecule has 0 bridgehead atoms. The molecule has 2 aromatic heterocycles. The normalized spacial score (nSPS) is 11.9. The molecule has 0 atom stereocenters. The van der Waals surface area contributed by atoms with Gasteiger partial charge >= 0.3 is 0 Å². The molecule has 2 aromatic rings. The number of thiophene rings is 1. The second kappa shape index (κ2) is 5.62. The summed E-state index contributed by atoms with van der Waals surface area (Å²) in [6.45, 7) is 1.97. The van der Waals surface area contributed by atoms with Crippen LogP contribution < -0.4 is 4.72 Å². The second-order valence-electron chi connectivity index (χ2n) is 4.06. The van der Waals surface area contributed by atoms with E-state index in [0.29, 0.717) is 18.7 Å². The van der Waals surface area contributed by atoms with Crippen LogP contribution in [0.5, 0.6) is 0 Å². The zero-order valence-corrected chi connectivity index (χ0v) is 12.9. The fourth-order valence-corrected chi connectivity index (χ4v) is 4.24. The van der Waals surface area contributed by atoms with E-state index in [9.17, 15) is 8.42 Å². The molecule has 104 valence electrons. The summed E-state index contributed by atoms with van der Waals surface area (Å²) < 4.78 is 28.2. The van der Waals surface area contributed by atoms with Gasteiger partial charge in [0.15, 0.2) is 0 Å². The number of nitrogens with one attached hydrogen (secondary N) is 1. The average molecular weight is 320 g/mol. The monoisotopic (exact) mass is 319 g/mol. The Morgan fingerprint density at radius 1 is 1.53 bits per heavy atom. The highest BCUT2D eigenvalue weighted by atomic mass is 35.5. The molecule has 0 aliphatic heterocycles. The third-order valence-corrected chi connectivity index (χ3v) is 5.70. The minimum atomic E-state index is -3.61. The highest BCUT2D eigenvalue weighted by Crippen LogP contribution is 2.23. The zero-order valence-electron chi connectivity index (χ0n) is 10.6. The van der Waals surface area contributed by atoms with E-state index < -0.39 is 10.0 Å². The van der Waals surface area contributed by atoms with E-state index in [1.165, 1.54) is 4.68 Å². The summed E-state index contributed by atoms with van der Waals surface area (Å²) >= 11 is 7.56. The van der Waals surface area contributed by atoms with Gasteiger partial charge in [-0.25, -0.2) is 13.1 Å². The van der Waals surface area contributed by atoms with Gasteiger partial charge in [0.1, 0.15) is 10.0 Å². The van der Waals surface area contributed by atoms with E-state index in [1.807, 2.05) is 17.5 Å². The van der Waals surface area contributed by atoms with Gasteiger partial charge in [0, 0.05) is 18.5 Å². The number of halogens is 1. The number of aromatic nitrogens is 2. The van der Waals surface area contributed by atoms with Gasteiger partial charge in [0.05, 0.1) is 5.69 Å². The fourth-order valence-electron chi connectivity index (χ4n) is 1.75. The molecular weight excluding hydrogens is 306 g/mol. The molecule has 0 saturated carbocycles. The quantitative estimate of drug-likeness (QED) is 0.916. The molecule has 0 saturated heterocycles. The standard InChI is InChI=1S/C11H14ClN3O2S2/c1-8-10(11(12)15(2)14-8)19(16,17)13-6-5-9-4-3-7-18-9/h3-4,7,13H,5-6H2,1-2H3. The van der Waals surface area contributed by atoms with E-state index in [0.717, 1.165) is 4.88 Å². The number of hydrogen-bond donors (Lipinski definition) is 1. The third kappa shape index (κ3) is 3.17. The molecule has 0 unspecified atom stereocenters. The van der Waals surface area contributed by atoms with Crippen LogP contribution in [0.1, 0.15) is 10.6 Å². The Kier molecular flexibility index (Phi) is 4.29. The lowest BCUT2D eigenvalue weighted by molar-refractivity contribution is 0.581. The molecule has 0 fully saturated rings. The van der Waals surface area contributed by atoms with Crippen molar-refractivity contribution in [3.8, 4) is 0 Å². The summed E-state index contributed by atoms with van der Waals surface area (Å²) in [4.78, 5) is 1.19. The molecule has 2 rings (SSSR count). The van der Waals surface area contributed by atoms with E-state index in [2.05, 4.69) is 9.82 Å². The Morgan fingerprint density at radius 2 is 2.26 bits per heavy atom. The van der Waals surface area contributed by atoms with E-state index in [-0.39, 0.29) is 10.0 Å². The Morgan fingerprint density at radius 3 is 2.79 bits per heavy atom. The smallest absolute Gasteiger partial charge is 0.245 e. The van der Waals surface area contributed by atoms with Gasteiger partial charge in [-0.3, -0.25) is 4.68 Å². The van der Waals surface area contributed by atoms with Crippen molar-refractivity contribution in [3.63, 3.8) is 0 Å². The van der Waals surface area contributed by atoms with Crippen molar-refractivity contribution in [1.82, 2.24) is 14.5 Å². The molecular formula is C11H14ClN3O2S2. The molecule has 8 heteroatoms. The third-order valence-electron chi connectivity index (χ3n) is 2.61. The number of sulfonamides is 1. The summed E-state index contributed by atoms with van der Waals surface area (Å²) in [7, 11) is -2.00. The Bertz CT molecular complexity index is 662. The first-order valence-electron chi connectivity index (χ1n) is 5.63. The number of hydrogen-bond acceptors (Lipinski definition) is 4. The van der Waals surface area contributed by atoms with Crippen molar-refractivity contribution in [1.29, 1.82) is 0 Å². The minimum Gasteiger partial charge on any atom is -0.255 e. The largest absolute Gasteiger partial charge is 0.255 e. The van der Waals surface area contributed by atoms with Gasteiger partial charge in [-0.1, -0.05) is 17.7 Å². The van der Waals surface area contributed by atoms with Crippen LogP contribution in [-0.4, -0.2) is 24.7 Å². The highest BCUT2D eigenvalue weighted by molar-refractivity contribution is 7.89. The number of aryl methyl sites for hydroxylation is 2. The average Bonchev–Trinajstić information content (AvgIpc) is 2.88. The molecule has 2 heterocycles. The molecule has 5 nitrogen and oxygen atoms in total. The first-order valence-corrected chi connectivity index (χ1v) is 8.37. The van der Waals surface area contributed by atoms with Crippen LogP contribution in [0.25, 0.3) is 0 Å². The Hall–Kier alpha value is -0.890. The van der Waals surface area contributed by atoms with E-state index in [4.69, 9.17) is 11.6 Å². The SMILES string of the molecule is Cc1nn(C)c(Cl)c1S(=O)(=O)NCCc1cccs1. The van der Waals surface area contributed by atoms with Crippen LogP contribution in [0.15, 0.2) is 22.4 Å². The zero-order chi connectivity index (χ0) is 14.0. The summed E-state index contributed by atoms with van der Waals surface area (Å²) in [6.07, 6.45) is 0.661. The van der Waals surface area contributed by atoms with Gasteiger partial charge in [-0.15, -0.1) is 11.3 Å². The Balaban J connectivity index is 2.10. The highest BCUT2D eigenvalue weighted by Gasteiger charge is 2.24. The summed E-state index contributed by atoms with van der Waals surface area (Å²) in [5.41, 5.74) is 0.399. The molecule has 1 N–H and O–H groups in total. The van der Waals surface area contributed by atoms with Crippen molar-refractivity contribution in [3.05, 3.63) is 33.2 Å². The maximum Gasteiger partial charge on any atom is 0.245 e. The molecule has 0 aliphatic carbocycles.